The highest BCUT2D eigenvalue weighted by Gasteiger charge is 2.49. The molecule has 3 nitrogen and oxygen atoms in total. The molecule has 4 heteroatoms. The first-order chi connectivity index (χ1) is 8.59. The van der Waals surface area contributed by atoms with E-state index < -0.39 is 5.41 Å². The van der Waals surface area contributed by atoms with Crippen LogP contribution in [0.15, 0.2) is 0 Å². The SMILES string of the molecule is CSC1CCC(NC(=O)C2(C#N)CC(C)C2)CC1. The number of hydrogen-bond donors (Lipinski definition) is 1. The maximum Gasteiger partial charge on any atom is 0.240 e. The third-order valence-electron chi connectivity index (χ3n) is 4.39. The third-order valence-corrected chi connectivity index (χ3v) is 5.52. The molecule has 0 aromatic carbocycles. The Morgan fingerprint density at radius 2 is 1.94 bits per heavy atom. The number of amides is 1. The highest BCUT2D eigenvalue weighted by Crippen LogP contribution is 2.45. The normalized spacial score (nSPS) is 39.5. The van der Waals surface area contributed by atoms with Crippen LogP contribution in [0.3, 0.4) is 0 Å². The van der Waals surface area contributed by atoms with Crippen LogP contribution in [-0.2, 0) is 4.79 Å². The van der Waals surface area contributed by atoms with Crippen LogP contribution in [-0.4, -0.2) is 23.5 Å². The van der Waals surface area contributed by atoms with Crippen molar-refractivity contribution >= 4 is 17.7 Å². The van der Waals surface area contributed by atoms with Gasteiger partial charge in [0.1, 0.15) is 5.41 Å². The highest BCUT2D eigenvalue weighted by molar-refractivity contribution is 7.99. The number of thioether (sulfide) groups is 1. The average molecular weight is 266 g/mol. The molecule has 0 bridgehead atoms. The van der Waals surface area contributed by atoms with E-state index in [-0.39, 0.29) is 5.91 Å². The molecule has 0 aromatic heterocycles. The van der Waals surface area contributed by atoms with Crippen LogP contribution in [0, 0.1) is 22.7 Å². The predicted molar refractivity (Wildman–Crippen MR) is 74.1 cm³/mol. The summed E-state index contributed by atoms with van der Waals surface area (Å²) < 4.78 is 0. The van der Waals surface area contributed by atoms with Crippen molar-refractivity contribution in [1.29, 1.82) is 5.26 Å². The van der Waals surface area contributed by atoms with Crippen molar-refractivity contribution in [2.75, 3.05) is 6.26 Å². The summed E-state index contributed by atoms with van der Waals surface area (Å²) in [5, 5.41) is 13.1. The van der Waals surface area contributed by atoms with Gasteiger partial charge in [-0.3, -0.25) is 4.79 Å². The van der Waals surface area contributed by atoms with Gasteiger partial charge in [0.05, 0.1) is 6.07 Å². The molecule has 2 aliphatic rings. The molecule has 0 aromatic rings. The van der Waals surface area contributed by atoms with Gasteiger partial charge in [-0.25, -0.2) is 0 Å². The van der Waals surface area contributed by atoms with Crippen molar-refractivity contribution < 1.29 is 4.79 Å². The Balaban J connectivity index is 1.84. The Morgan fingerprint density at radius 3 is 2.39 bits per heavy atom. The first-order valence-corrected chi connectivity index (χ1v) is 8.13. The minimum Gasteiger partial charge on any atom is -0.352 e. The summed E-state index contributed by atoms with van der Waals surface area (Å²) >= 11 is 1.93. The van der Waals surface area contributed by atoms with Crippen molar-refractivity contribution in [2.45, 2.75) is 56.7 Å². The molecule has 100 valence electrons. The van der Waals surface area contributed by atoms with Crippen molar-refractivity contribution in [2.24, 2.45) is 11.3 Å². The van der Waals surface area contributed by atoms with Gasteiger partial charge in [0.25, 0.3) is 0 Å². The largest absolute Gasteiger partial charge is 0.352 e. The number of carbonyl (C=O) groups is 1. The molecule has 0 unspecified atom stereocenters. The Morgan fingerprint density at radius 1 is 1.33 bits per heavy atom. The van der Waals surface area contributed by atoms with Crippen molar-refractivity contribution in [3.8, 4) is 6.07 Å². The molecule has 0 aliphatic heterocycles. The van der Waals surface area contributed by atoms with Gasteiger partial charge in [-0.15, -0.1) is 0 Å². The number of rotatable bonds is 3. The van der Waals surface area contributed by atoms with Crippen LogP contribution in [0.4, 0.5) is 0 Å². The molecule has 1 amide bonds. The summed E-state index contributed by atoms with van der Waals surface area (Å²) in [4.78, 5) is 12.2. The van der Waals surface area contributed by atoms with E-state index in [1.165, 1.54) is 12.8 Å². The number of nitrogens with zero attached hydrogens (tertiary/aromatic N) is 1. The van der Waals surface area contributed by atoms with Gasteiger partial charge in [0, 0.05) is 11.3 Å². The van der Waals surface area contributed by atoms with Gasteiger partial charge in [0.2, 0.25) is 5.91 Å². The first kappa shape index (κ1) is 13.7. The molecule has 0 heterocycles. The Bertz CT molecular complexity index is 349. The average Bonchev–Trinajstić information content (AvgIpc) is 2.35. The van der Waals surface area contributed by atoms with Crippen LogP contribution < -0.4 is 5.32 Å². The van der Waals surface area contributed by atoms with Gasteiger partial charge < -0.3 is 5.32 Å². The fraction of sp³-hybridized carbons (Fsp3) is 0.857. The van der Waals surface area contributed by atoms with E-state index in [2.05, 4.69) is 24.6 Å². The lowest BCUT2D eigenvalue weighted by Gasteiger charge is -2.40. The first-order valence-electron chi connectivity index (χ1n) is 6.84. The number of carbonyl (C=O) groups excluding carboxylic acids is 1. The van der Waals surface area contributed by atoms with E-state index in [9.17, 15) is 10.1 Å². The number of nitrogens with one attached hydrogen (secondary N) is 1. The fourth-order valence-corrected chi connectivity index (χ4v) is 3.97. The van der Waals surface area contributed by atoms with Crippen molar-refractivity contribution in [3.63, 3.8) is 0 Å². The van der Waals surface area contributed by atoms with Crippen LogP contribution in [0.2, 0.25) is 0 Å². The summed E-state index contributed by atoms with van der Waals surface area (Å²) in [6, 6.07) is 2.53. The molecule has 0 spiro atoms. The maximum atomic E-state index is 12.2. The minimum absolute atomic E-state index is 0.0179. The molecule has 0 atom stereocenters. The Labute approximate surface area is 114 Å². The molecule has 18 heavy (non-hydrogen) atoms. The molecule has 0 radical (unpaired) electrons. The second-order valence-corrected chi connectivity index (χ2v) is 7.03. The summed E-state index contributed by atoms with van der Waals surface area (Å²) in [6.07, 6.45) is 8.11. The van der Waals surface area contributed by atoms with Gasteiger partial charge >= 0.3 is 0 Å². The highest BCUT2D eigenvalue weighted by atomic mass is 32.2. The zero-order valence-electron chi connectivity index (χ0n) is 11.2. The Hall–Kier alpha value is -0.690. The van der Waals surface area contributed by atoms with Gasteiger partial charge in [0.15, 0.2) is 0 Å². The standard InChI is InChI=1S/C14H22N2OS/c1-10-7-14(8-10,9-15)13(17)16-11-3-5-12(18-2)6-4-11/h10-12H,3-8H2,1-2H3,(H,16,17). The number of nitriles is 1. The van der Waals surface area contributed by atoms with Gasteiger partial charge in [-0.05, 0) is 50.7 Å². The lowest BCUT2D eigenvalue weighted by Crippen LogP contribution is -2.51. The monoisotopic (exact) mass is 266 g/mol. The second-order valence-electron chi connectivity index (χ2n) is 5.89. The van der Waals surface area contributed by atoms with Gasteiger partial charge in [-0.2, -0.15) is 17.0 Å². The molecular formula is C14H22N2OS. The zero-order chi connectivity index (χ0) is 13.2. The van der Waals surface area contributed by atoms with E-state index in [0.717, 1.165) is 30.9 Å². The lowest BCUT2D eigenvalue weighted by atomic mass is 9.63. The van der Waals surface area contributed by atoms with Crippen LogP contribution in [0.25, 0.3) is 0 Å². The van der Waals surface area contributed by atoms with E-state index in [4.69, 9.17) is 0 Å². The molecule has 2 saturated carbocycles. The summed E-state index contributed by atoms with van der Waals surface area (Å²) in [5.41, 5.74) is -0.713. The molecule has 2 aliphatic carbocycles. The predicted octanol–water partition coefficient (Wildman–Crippen LogP) is 2.72. The summed E-state index contributed by atoms with van der Waals surface area (Å²) in [6.45, 7) is 2.10. The minimum atomic E-state index is -0.713. The second kappa shape index (κ2) is 5.52. The topological polar surface area (TPSA) is 52.9 Å². The lowest BCUT2D eigenvalue weighted by molar-refractivity contribution is -0.134. The summed E-state index contributed by atoms with van der Waals surface area (Å²) in [5.74, 6) is 0.498. The number of hydrogen-bond acceptors (Lipinski definition) is 3. The third kappa shape index (κ3) is 2.66. The van der Waals surface area contributed by atoms with Gasteiger partial charge in [-0.1, -0.05) is 6.92 Å². The quantitative estimate of drug-likeness (QED) is 0.854. The fourth-order valence-electron chi connectivity index (χ4n) is 3.22. The summed E-state index contributed by atoms with van der Waals surface area (Å²) in [7, 11) is 0. The Kier molecular flexibility index (Phi) is 4.21. The van der Waals surface area contributed by atoms with Crippen molar-refractivity contribution in [3.05, 3.63) is 0 Å². The van der Waals surface area contributed by atoms with Crippen LogP contribution >= 0.6 is 11.8 Å². The smallest absolute Gasteiger partial charge is 0.240 e. The molecule has 2 fully saturated rings. The van der Waals surface area contributed by atoms with E-state index in [0.29, 0.717) is 12.0 Å². The molecule has 1 N–H and O–H groups in total. The van der Waals surface area contributed by atoms with E-state index >= 15 is 0 Å². The molecule has 2 rings (SSSR count). The van der Waals surface area contributed by atoms with E-state index in [1.807, 2.05) is 11.8 Å². The van der Waals surface area contributed by atoms with Crippen LogP contribution in [0.5, 0.6) is 0 Å². The van der Waals surface area contributed by atoms with Crippen LogP contribution in [0.1, 0.15) is 45.4 Å². The van der Waals surface area contributed by atoms with Crippen molar-refractivity contribution in [1.82, 2.24) is 5.32 Å². The maximum absolute atomic E-state index is 12.2. The van der Waals surface area contributed by atoms with E-state index in [1.54, 1.807) is 0 Å². The molecule has 0 saturated heterocycles. The zero-order valence-corrected chi connectivity index (χ0v) is 12.1. The molecular weight excluding hydrogens is 244 g/mol.